The zero-order valence-electron chi connectivity index (χ0n) is 19.7. The number of hydrogen-bond acceptors (Lipinski definition) is 6. The zero-order chi connectivity index (χ0) is 24.1. The van der Waals surface area contributed by atoms with Crippen molar-refractivity contribution in [2.45, 2.75) is 13.0 Å². The molecule has 1 aromatic heterocycles. The SMILES string of the molecule is COc1ccccc1NC(=S)N(CCCN(C)C)Cc1cc2cc3c(cc2[nH]c1=O)OCCO3. The Bertz CT molecular complexity index is 1230. The number of H-pyrrole nitrogens is 1. The van der Waals surface area contributed by atoms with E-state index >= 15 is 0 Å². The van der Waals surface area contributed by atoms with Crippen molar-refractivity contribution >= 4 is 33.9 Å². The molecular formula is C25H30N4O4S. The first-order valence-electron chi connectivity index (χ1n) is 11.2. The van der Waals surface area contributed by atoms with Gasteiger partial charge in [-0.2, -0.15) is 0 Å². The number of fused-ring (bicyclic) bond motifs is 2. The van der Waals surface area contributed by atoms with Gasteiger partial charge >= 0.3 is 0 Å². The highest BCUT2D eigenvalue weighted by Gasteiger charge is 2.17. The molecule has 0 saturated heterocycles. The molecule has 0 fully saturated rings. The first-order valence-corrected chi connectivity index (χ1v) is 11.6. The summed E-state index contributed by atoms with van der Waals surface area (Å²) >= 11 is 5.76. The fourth-order valence-electron chi connectivity index (χ4n) is 3.88. The highest BCUT2D eigenvalue weighted by molar-refractivity contribution is 7.80. The van der Waals surface area contributed by atoms with Crippen LogP contribution in [-0.2, 0) is 6.54 Å². The number of para-hydroxylation sites is 2. The third-order valence-corrected chi connectivity index (χ3v) is 5.97. The Morgan fingerprint density at radius 1 is 1.12 bits per heavy atom. The Hall–Kier alpha value is -3.30. The normalized spacial score (nSPS) is 12.6. The number of aromatic nitrogens is 1. The van der Waals surface area contributed by atoms with Gasteiger partial charge in [0, 0.05) is 23.6 Å². The van der Waals surface area contributed by atoms with Gasteiger partial charge in [0.15, 0.2) is 16.6 Å². The van der Waals surface area contributed by atoms with Crippen LogP contribution in [0.3, 0.4) is 0 Å². The average molecular weight is 483 g/mol. The molecule has 1 aliphatic heterocycles. The minimum absolute atomic E-state index is 0.151. The molecule has 0 atom stereocenters. The van der Waals surface area contributed by atoms with Gasteiger partial charge in [0.25, 0.3) is 5.56 Å². The summed E-state index contributed by atoms with van der Waals surface area (Å²) in [5, 5.41) is 4.70. The molecule has 3 aromatic rings. The molecule has 0 saturated carbocycles. The van der Waals surface area contributed by atoms with Gasteiger partial charge in [-0.1, -0.05) is 12.1 Å². The monoisotopic (exact) mass is 482 g/mol. The molecule has 2 aromatic carbocycles. The van der Waals surface area contributed by atoms with Crippen molar-refractivity contribution in [1.82, 2.24) is 14.8 Å². The maximum absolute atomic E-state index is 13.0. The van der Waals surface area contributed by atoms with E-state index in [1.165, 1.54) is 0 Å². The van der Waals surface area contributed by atoms with Crippen molar-refractivity contribution in [2.75, 3.05) is 52.8 Å². The van der Waals surface area contributed by atoms with Crippen LogP contribution in [0.2, 0.25) is 0 Å². The molecule has 2 N–H and O–H groups in total. The lowest BCUT2D eigenvalue weighted by atomic mass is 10.1. The number of benzene rings is 2. The van der Waals surface area contributed by atoms with E-state index in [1.807, 2.05) is 61.5 Å². The fraction of sp³-hybridized carbons (Fsp3) is 0.360. The molecule has 0 radical (unpaired) electrons. The van der Waals surface area contributed by atoms with Crippen molar-refractivity contribution < 1.29 is 14.2 Å². The summed E-state index contributed by atoms with van der Waals surface area (Å²) < 4.78 is 16.8. The Labute approximate surface area is 204 Å². The number of nitrogens with one attached hydrogen (secondary N) is 2. The molecule has 9 heteroatoms. The summed E-state index contributed by atoms with van der Waals surface area (Å²) in [5.41, 5.74) is 1.97. The summed E-state index contributed by atoms with van der Waals surface area (Å²) in [6, 6.07) is 13.2. The van der Waals surface area contributed by atoms with Crippen LogP contribution in [0.5, 0.6) is 17.2 Å². The van der Waals surface area contributed by atoms with Crippen LogP contribution in [0.1, 0.15) is 12.0 Å². The van der Waals surface area contributed by atoms with Crippen LogP contribution in [0.15, 0.2) is 47.3 Å². The van der Waals surface area contributed by atoms with Crippen molar-refractivity contribution in [3.05, 3.63) is 58.4 Å². The third-order valence-electron chi connectivity index (χ3n) is 5.61. The number of thiocarbonyl (C=S) groups is 1. The van der Waals surface area contributed by atoms with Gasteiger partial charge in [-0.15, -0.1) is 0 Å². The molecule has 180 valence electrons. The van der Waals surface area contributed by atoms with E-state index < -0.39 is 0 Å². The van der Waals surface area contributed by atoms with Gasteiger partial charge in [0.2, 0.25) is 0 Å². The number of pyridine rings is 1. The van der Waals surface area contributed by atoms with Gasteiger partial charge < -0.3 is 34.3 Å². The first kappa shape index (κ1) is 23.8. The Morgan fingerprint density at radius 3 is 2.59 bits per heavy atom. The maximum Gasteiger partial charge on any atom is 0.253 e. The predicted octanol–water partition coefficient (Wildman–Crippen LogP) is 3.46. The predicted molar refractivity (Wildman–Crippen MR) is 138 cm³/mol. The molecule has 0 spiro atoms. The molecular weight excluding hydrogens is 452 g/mol. The second-order valence-electron chi connectivity index (χ2n) is 8.42. The summed E-state index contributed by atoms with van der Waals surface area (Å²) in [6.07, 6.45) is 0.894. The van der Waals surface area contributed by atoms with Crippen molar-refractivity contribution in [3.8, 4) is 17.2 Å². The quantitative estimate of drug-likeness (QED) is 0.473. The first-order chi connectivity index (χ1) is 16.4. The van der Waals surface area contributed by atoms with Crippen LogP contribution in [0.4, 0.5) is 5.69 Å². The van der Waals surface area contributed by atoms with Crippen molar-refractivity contribution in [1.29, 1.82) is 0 Å². The molecule has 0 bridgehead atoms. The number of anilines is 1. The van der Waals surface area contributed by atoms with Gasteiger partial charge in [0.1, 0.15) is 19.0 Å². The van der Waals surface area contributed by atoms with Crippen LogP contribution < -0.4 is 25.1 Å². The van der Waals surface area contributed by atoms with Crippen LogP contribution >= 0.6 is 12.2 Å². The molecule has 0 aliphatic carbocycles. The number of nitrogens with zero attached hydrogens (tertiary/aromatic N) is 2. The lowest BCUT2D eigenvalue weighted by molar-refractivity contribution is 0.172. The number of ether oxygens (including phenoxy) is 3. The van der Waals surface area contributed by atoms with E-state index in [4.69, 9.17) is 26.4 Å². The maximum atomic E-state index is 13.0. The summed E-state index contributed by atoms with van der Waals surface area (Å²) in [5.74, 6) is 2.04. The Morgan fingerprint density at radius 2 is 1.85 bits per heavy atom. The van der Waals surface area contributed by atoms with E-state index in [2.05, 4.69) is 15.2 Å². The van der Waals surface area contributed by atoms with Gasteiger partial charge in [0.05, 0.1) is 24.9 Å². The van der Waals surface area contributed by atoms with Crippen LogP contribution in [0.25, 0.3) is 10.9 Å². The van der Waals surface area contributed by atoms with E-state index in [0.29, 0.717) is 59.7 Å². The number of methoxy groups -OCH3 is 1. The van der Waals surface area contributed by atoms with Gasteiger partial charge in [-0.05, 0) is 63.5 Å². The molecule has 4 rings (SSSR count). The third kappa shape index (κ3) is 5.60. The van der Waals surface area contributed by atoms with E-state index in [9.17, 15) is 4.79 Å². The summed E-state index contributed by atoms with van der Waals surface area (Å²) in [4.78, 5) is 20.1. The lowest BCUT2D eigenvalue weighted by Gasteiger charge is -2.27. The molecule has 34 heavy (non-hydrogen) atoms. The van der Waals surface area contributed by atoms with Gasteiger partial charge in [-0.3, -0.25) is 4.79 Å². The lowest BCUT2D eigenvalue weighted by Crippen LogP contribution is -2.37. The summed E-state index contributed by atoms with van der Waals surface area (Å²) in [7, 11) is 5.70. The van der Waals surface area contributed by atoms with Crippen LogP contribution in [-0.4, -0.2) is 67.4 Å². The second kappa shape index (κ2) is 10.8. The molecule has 0 unspecified atom stereocenters. The van der Waals surface area contributed by atoms with Crippen LogP contribution in [0, 0.1) is 0 Å². The molecule has 2 heterocycles. The van der Waals surface area contributed by atoms with Crippen molar-refractivity contribution in [2.24, 2.45) is 0 Å². The Balaban J connectivity index is 1.60. The standard InChI is InChI=1S/C25H30N4O4S/c1-28(2)9-6-10-29(25(34)27-19-7-4-5-8-21(19)31-3)16-18-13-17-14-22-23(33-12-11-32-22)15-20(17)26-24(18)30/h4-5,7-8,13-15H,6,9-12,16H2,1-3H3,(H,26,30)(H,27,34). The van der Waals surface area contributed by atoms with E-state index in [0.717, 1.165) is 24.0 Å². The highest BCUT2D eigenvalue weighted by atomic mass is 32.1. The molecule has 0 amide bonds. The largest absolute Gasteiger partial charge is 0.495 e. The van der Waals surface area contributed by atoms with E-state index in [1.54, 1.807) is 7.11 Å². The molecule has 1 aliphatic rings. The van der Waals surface area contributed by atoms with Crippen molar-refractivity contribution in [3.63, 3.8) is 0 Å². The number of hydrogen-bond donors (Lipinski definition) is 2. The van der Waals surface area contributed by atoms with Gasteiger partial charge in [-0.25, -0.2) is 0 Å². The summed E-state index contributed by atoms with van der Waals surface area (Å²) in [6.45, 7) is 2.98. The number of aromatic amines is 1. The second-order valence-corrected chi connectivity index (χ2v) is 8.80. The minimum Gasteiger partial charge on any atom is -0.495 e. The Kier molecular flexibility index (Phi) is 7.54. The zero-order valence-corrected chi connectivity index (χ0v) is 20.5. The highest BCUT2D eigenvalue weighted by Crippen LogP contribution is 2.33. The smallest absolute Gasteiger partial charge is 0.253 e. The topological polar surface area (TPSA) is 79.1 Å². The number of rotatable bonds is 8. The molecule has 8 nitrogen and oxygen atoms in total. The average Bonchev–Trinajstić information content (AvgIpc) is 2.82. The van der Waals surface area contributed by atoms with E-state index in [-0.39, 0.29) is 5.56 Å². The minimum atomic E-state index is -0.151. The fourth-order valence-corrected chi connectivity index (χ4v) is 4.15.